The molecule has 0 N–H and O–H groups in total. The van der Waals surface area contributed by atoms with Crippen LogP contribution in [0.1, 0.15) is 44.7 Å². The molecule has 4 aromatic carbocycles. The molecule has 0 aliphatic rings. The molecule has 0 spiro atoms. The van der Waals surface area contributed by atoms with Crippen molar-refractivity contribution in [3.05, 3.63) is 144 Å². The Morgan fingerprint density at radius 1 is 0.500 bits per heavy atom. The van der Waals surface area contributed by atoms with E-state index in [0.717, 1.165) is 35.5 Å². The summed E-state index contributed by atoms with van der Waals surface area (Å²) in [4.78, 5) is 24.8. The lowest BCUT2D eigenvalue weighted by molar-refractivity contribution is 0.103. The van der Waals surface area contributed by atoms with Gasteiger partial charge >= 0.3 is 0 Å². The van der Waals surface area contributed by atoms with Crippen LogP contribution in [0.15, 0.2) is 121 Å². The minimum atomic E-state index is -0.0443. The Morgan fingerprint density at radius 3 is 1.29 bits per heavy atom. The van der Waals surface area contributed by atoms with Crippen molar-refractivity contribution in [2.45, 2.75) is 12.8 Å². The van der Waals surface area contributed by atoms with E-state index in [9.17, 15) is 9.59 Å². The zero-order valence-electron chi connectivity index (χ0n) is 21.2. The molecule has 4 rings (SSSR count). The first-order valence-corrected chi connectivity index (χ1v) is 12.7. The number of para-hydroxylation sites is 2. The van der Waals surface area contributed by atoms with Gasteiger partial charge in [-0.25, -0.2) is 0 Å². The van der Waals surface area contributed by atoms with Gasteiger partial charge in [0.15, 0.2) is 11.6 Å². The fourth-order valence-electron chi connectivity index (χ4n) is 3.80. The summed E-state index contributed by atoms with van der Waals surface area (Å²) in [5, 5.41) is 0. The summed E-state index contributed by atoms with van der Waals surface area (Å²) >= 11 is 0. The molecule has 0 bridgehead atoms. The predicted octanol–water partition coefficient (Wildman–Crippen LogP) is 7.72. The summed E-state index contributed by atoms with van der Waals surface area (Å²) in [6, 6.07) is 33.7. The highest BCUT2D eigenvalue weighted by Gasteiger charge is 2.05. The van der Waals surface area contributed by atoms with Gasteiger partial charge in [-0.3, -0.25) is 9.59 Å². The topological polar surface area (TPSA) is 52.6 Å². The fraction of sp³-hybridized carbons (Fsp3) is 0.118. The third-order valence-corrected chi connectivity index (χ3v) is 5.84. The molecule has 0 aromatic heterocycles. The van der Waals surface area contributed by atoms with Crippen LogP contribution in [0.2, 0.25) is 0 Å². The summed E-state index contributed by atoms with van der Waals surface area (Å²) in [5.74, 6) is 1.39. The van der Waals surface area contributed by atoms with Crippen LogP contribution in [0.25, 0.3) is 12.2 Å². The first kappa shape index (κ1) is 26.4. The van der Waals surface area contributed by atoms with Crippen LogP contribution in [-0.4, -0.2) is 24.8 Å². The van der Waals surface area contributed by atoms with Gasteiger partial charge in [0.2, 0.25) is 0 Å². The van der Waals surface area contributed by atoms with Crippen LogP contribution < -0.4 is 9.47 Å². The third-order valence-electron chi connectivity index (χ3n) is 5.84. The maximum absolute atomic E-state index is 12.4. The minimum Gasteiger partial charge on any atom is -0.493 e. The molecule has 4 nitrogen and oxygen atoms in total. The van der Waals surface area contributed by atoms with Crippen LogP contribution >= 0.6 is 0 Å². The van der Waals surface area contributed by atoms with Crippen molar-refractivity contribution in [1.29, 1.82) is 0 Å². The maximum atomic E-state index is 12.4. The van der Waals surface area contributed by atoms with E-state index in [2.05, 4.69) is 0 Å². The van der Waals surface area contributed by atoms with Crippen LogP contribution in [0.4, 0.5) is 0 Å². The lowest BCUT2D eigenvalue weighted by Crippen LogP contribution is -2.04. The monoisotopic (exact) mass is 502 g/mol. The number of unbranched alkanes of at least 4 members (excludes halogenated alkanes) is 1. The molecule has 0 saturated heterocycles. The SMILES string of the molecule is O=C(/C=C/c1ccccc1OCCCCOc1ccccc1/C=C/C(=O)c1ccccc1)c1ccccc1. The number of hydrogen-bond acceptors (Lipinski definition) is 4. The molecule has 190 valence electrons. The second-order valence-corrected chi connectivity index (χ2v) is 8.61. The van der Waals surface area contributed by atoms with Crippen molar-refractivity contribution in [1.82, 2.24) is 0 Å². The van der Waals surface area contributed by atoms with Crippen LogP contribution in [0.5, 0.6) is 11.5 Å². The zero-order valence-corrected chi connectivity index (χ0v) is 21.2. The Kier molecular flexibility index (Phi) is 9.81. The van der Waals surface area contributed by atoms with E-state index < -0.39 is 0 Å². The Labute approximate surface area is 223 Å². The highest BCUT2D eigenvalue weighted by atomic mass is 16.5. The minimum absolute atomic E-state index is 0.0443. The predicted molar refractivity (Wildman–Crippen MR) is 153 cm³/mol. The summed E-state index contributed by atoms with van der Waals surface area (Å²) in [6.07, 6.45) is 8.36. The standard InChI is InChI=1S/C34H30O4/c35-31(27-13-3-1-4-14-27)23-21-29-17-7-9-19-33(29)37-25-11-12-26-38-34-20-10-8-18-30(34)22-24-32(36)28-15-5-2-6-16-28/h1-10,13-24H,11-12,25-26H2/b23-21+,24-22+. The van der Waals surface area contributed by atoms with E-state index in [1.54, 1.807) is 48.6 Å². The van der Waals surface area contributed by atoms with E-state index in [4.69, 9.17) is 9.47 Å². The Balaban J connectivity index is 1.24. The lowest BCUT2D eigenvalue weighted by Gasteiger charge is -2.11. The van der Waals surface area contributed by atoms with Crippen molar-refractivity contribution in [3.8, 4) is 11.5 Å². The molecule has 4 heteroatoms. The Bertz CT molecular complexity index is 1280. The van der Waals surface area contributed by atoms with E-state index in [1.807, 2.05) is 84.9 Å². The highest BCUT2D eigenvalue weighted by Crippen LogP contribution is 2.22. The van der Waals surface area contributed by atoms with Gasteiger partial charge in [0.1, 0.15) is 11.5 Å². The fourth-order valence-corrected chi connectivity index (χ4v) is 3.80. The molecule has 0 amide bonds. The summed E-state index contributed by atoms with van der Waals surface area (Å²) in [7, 11) is 0. The smallest absolute Gasteiger partial charge is 0.185 e. The maximum Gasteiger partial charge on any atom is 0.185 e. The van der Waals surface area contributed by atoms with Gasteiger partial charge in [-0.2, -0.15) is 0 Å². The number of benzene rings is 4. The van der Waals surface area contributed by atoms with Gasteiger partial charge in [0.05, 0.1) is 13.2 Å². The molecular formula is C34H30O4. The summed E-state index contributed by atoms with van der Waals surface area (Å²) in [6.45, 7) is 1.07. The Morgan fingerprint density at radius 2 is 0.868 bits per heavy atom. The normalized spacial score (nSPS) is 11.1. The van der Waals surface area contributed by atoms with E-state index in [0.29, 0.717) is 24.3 Å². The second-order valence-electron chi connectivity index (χ2n) is 8.61. The largest absolute Gasteiger partial charge is 0.493 e. The van der Waals surface area contributed by atoms with Crippen molar-refractivity contribution < 1.29 is 19.1 Å². The van der Waals surface area contributed by atoms with E-state index in [-0.39, 0.29) is 11.6 Å². The molecule has 4 aromatic rings. The molecule has 0 fully saturated rings. The molecule has 0 radical (unpaired) electrons. The molecule has 38 heavy (non-hydrogen) atoms. The third kappa shape index (κ3) is 7.90. The number of ketones is 2. The van der Waals surface area contributed by atoms with Crippen molar-refractivity contribution in [2.75, 3.05) is 13.2 Å². The van der Waals surface area contributed by atoms with Gasteiger partial charge in [0, 0.05) is 22.3 Å². The quantitative estimate of drug-likeness (QED) is 0.107. The molecule has 0 aliphatic carbocycles. The van der Waals surface area contributed by atoms with Crippen LogP contribution in [0, 0.1) is 0 Å². The van der Waals surface area contributed by atoms with Gasteiger partial charge < -0.3 is 9.47 Å². The zero-order chi connectivity index (χ0) is 26.4. The van der Waals surface area contributed by atoms with E-state index in [1.165, 1.54) is 0 Å². The lowest BCUT2D eigenvalue weighted by atomic mass is 10.1. The number of carbonyl (C=O) groups is 2. The molecule has 0 aliphatic heterocycles. The molecular weight excluding hydrogens is 472 g/mol. The second kappa shape index (κ2) is 14.1. The average Bonchev–Trinajstić information content (AvgIpc) is 2.98. The van der Waals surface area contributed by atoms with Crippen molar-refractivity contribution in [2.24, 2.45) is 0 Å². The van der Waals surface area contributed by atoms with E-state index >= 15 is 0 Å². The molecule has 0 heterocycles. The van der Waals surface area contributed by atoms with Crippen molar-refractivity contribution >= 4 is 23.7 Å². The average molecular weight is 503 g/mol. The number of allylic oxidation sites excluding steroid dienone is 2. The van der Waals surface area contributed by atoms with Gasteiger partial charge in [-0.1, -0.05) is 97.1 Å². The number of carbonyl (C=O) groups excluding carboxylic acids is 2. The van der Waals surface area contributed by atoms with Crippen LogP contribution in [-0.2, 0) is 0 Å². The summed E-state index contributed by atoms with van der Waals surface area (Å²) in [5.41, 5.74) is 3.03. The number of rotatable bonds is 13. The summed E-state index contributed by atoms with van der Waals surface area (Å²) < 4.78 is 12.0. The first-order valence-electron chi connectivity index (χ1n) is 12.7. The molecule has 0 saturated carbocycles. The van der Waals surface area contributed by atoms with Gasteiger partial charge in [-0.15, -0.1) is 0 Å². The first-order chi connectivity index (χ1) is 18.7. The molecule has 0 atom stereocenters. The molecule has 0 unspecified atom stereocenters. The number of hydrogen-bond donors (Lipinski definition) is 0. The number of ether oxygens (including phenoxy) is 2. The van der Waals surface area contributed by atoms with Gasteiger partial charge in [0.25, 0.3) is 0 Å². The van der Waals surface area contributed by atoms with Gasteiger partial charge in [-0.05, 0) is 49.3 Å². The highest BCUT2D eigenvalue weighted by molar-refractivity contribution is 6.07. The Hall–Kier alpha value is -4.70. The van der Waals surface area contributed by atoms with Crippen molar-refractivity contribution in [3.63, 3.8) is 0 Å². The van der Waals surface area contributed by atoms with Crippen LogP contribution in [0.3, 0.4) is 0 Å².